The molecule has 5 nitrogen and oxygen atoms in total. The zero-order valence-corrected chi connectivity index (χ0v) is 12.5. The van der Waals surface area contributed by atoms with Gasteiger partial charge in [-0.3, -0.25) is 4.79 Å². The Hall–Kier alpha value is -1.64. The number of nitrogens with zero attached hydrogens (tertiary/aromatic N) is 1. The third-order valence-corrected chi connectivity index (χ3v) is 3.15. The second-order valence-electron chi connectivity index (χ2n) is 4.56. The van der Waals surface area contributed by atoms with Crippen LogP contribution < -0.4 is 5.32 Å². The van der Waals surface area contributed by atoms with Gasteiger partial charge in [0.25, 0.3) is 0 Å². The van der Waals surface area contributed by atoms with Gasteiger partial charge in [0.05, 0.1) is 6.61 Å². The van der Waals surface area contributed by atoms with Gasteiger partial charge in [-0.1, -0.05) is 25.2 Å². The van der Waals surface area contributed by atoms with Crippen molar-refractivity contribution in [1.29, 1.82) is 0 Å². The van der Waals surface area contributed by atoms with Crippen LogP contribution in [0.5, 0.6) is 0 Å². The molecule has 0 aliphatic heterocycles. The van der Waals surface area contributed by atoms with Crippen molar-refractivity contribution in [2.75, 3.05) is 11.9 Å². The SMILES string of the molecule is CCOC(=O)c1sc(NC(=O)CC(C)C)nc1C(F)(F)F. The quantitative estimate of drug-likeness (QED) is 0.844. The third kappa shape index (κ3) is 5.00. The van der Waals surface area contributed by atoms with Crippen molar-refractivity contribution in [3.05, 3.63) is 10.6 Å². The number of rotatable bonds is 5. The zero-order chi connectivity index (χ0) is 16.2. The van der Waals surface area contributed by atoms with Gasteiger partial charge in [0.1, 0.15) is 4.88 Å². The van der Waals surface area contributed by atoms with Crippen LogP contribution >= 0.6 is 11.3 Å². The molecule has 9 heteroatoms. The summed E-state index contributed by atoms with van der Waals surface area (Å²) in [6.07, 6.45) is -4.64. The van der Waals surface area contributed by atoms with E-state index in [9.17, 15) is 22.8 Å². The molecule has 0 bridgehead atoms. The minimum absolute atomic E-state index is 0.0524. The average molecular weight is 324 g/mol. The summed E-state index contributed by atoms with van der Waals surface area (Å²) in [6, 6.07) is 0. The van der Waals surface area contributed by atoms with Crippen molar-refractivity contribution in [2.24, 2.45) is 5.92 Å². The molecule has 1 aromatic heterocycles. The first-order chi connectivity index (χ1) is 9.65. The van der Waals surface area contributed by atoms with Crippen molar-refractivity contribution >= 4 is 28.3 Å². The Morgan fingerprint density at radius 2 is 2.00 bits per heavy atom. The normalized spacial score (nSPS) is 11.6. The number of amides is 1. The number of thiazole rings is 1. The first-order valence-corrected chi connectivity index (χ1v) is 7.01. The maximum absolute atomic E-state index is 12.8. The predicted octanol–water partition coefficient (Wildman–Crippen LogP) is 3.32. The Morgan fingerprint density at radius 1 is 1.38 bits per heavy atom. The fraction of sp³-hybridized carbons (Fsp3) is 0.583. The van der Waals surface area contributed by atoms with Gasteiger partial charge in [0.2, 0.25) is 5.91 Å². The van der Waals surface area contributed by atoms with Gasteiger partial charge in [0, 0.05) is 6.42 Å². The van der Waals surface area contributed by atoms with Crippen molar-refractivity contribution in [3.8, 4) is 0 Å². The first kappa shape index (κ1) is 17.4. The van der Waals surface area contributed by atoms with E-state index in [0.717, 1.165) is 0 Å². The Kier molecular flexibility index (Phi) is 5.70. The van der Waals surface area contributed by atoms with Crippen LogP contribution in [-0.2, 0) is 15.7 Å². The van der Waals surface area contributed by atoms with E-state index in [0.29, 0.717) is 11.3 Å². The van der Waals surface area contributed by atoms with E-state index in [1.165, 1.54) is 6.92 Å². The van der Waals surface area contributed by atoms with E-state index in [2.05, 4.69) is 15.0 Å². The molecular formula is C12H15F3N2O3S. The summed E-state index contributed by atoms with van der Waals surface area (Å²) in [4.78, 5) is 25.7. The monoisotopic (exact) mass is 324 g/mol. The number of carbonyl (C=O) groups is 2. The maximum atomic E-state index is 12.8. The molecule has 1 N–H and O–H groups in total. The fourth-order valence-electron chi connectivity index (χ4n) is 1.44. The molecule has 1 aromatic rings. The first-order valence-electron chi connectivity index (χ1n) is 6.20. The lowest BCUT2D eigenvalue weighted by Crippen LogP contribution is -2.15. The molecule has 21 heavy (non-hydrogen) atoms. The summed E-state index contributed by atoms with van der Waals surface area (Å²) in [5.74, 6) is -1.51. The van der Waals surface area contributed by atoms with Gasteiger partial charge in [-0.25, -0.2) is 9.78 Å². The Morgan fingerprint density at radius 3 is 2.48 bits per heavy atom. The van der Waals surface area contributed by atoms with Crippen LogP contribution in [0, 0.1) is 5.92 Å². The number of halogens is 3. The molecule has 0 saturated heterocycles. The fourth-order valence-corrected chi connectivity index (χ4v) is 2.34. The second-order valence-corrected chi connectivity index (χ2v) is 5.56. The van der Waals surface area contributed by atoms with Crippen molar-refractivity contribution in [2.45, 2.75) is 33.4 Å². The number of nitrogens with one attached hydrogen (secondary N) is 1. The van der Waals surface area contributed by atoms with Crippen LogP contribution in [0.1, 0.15) is 42.6 Å². The van der Waals surface area contributed by atoms with Gasteiger partial charge in [-0.05, 0) is 12.8 Å². The highest BCUT2D eigenvalue weighted by atomic mass is 32.1. The lowest BCUT2D eigenvalue weighted by Gasteiger charge is -2.05. The summed E-state index contributed by atoms with van der Waals surface area (Å²) in [5, 5.41) is 2.00. The van der Waals surface area contributed by atoms with E-state index in [4.69, 9.17) is 0 Å². The molecule has 0 fully saturated rings. The van der Waals surface area contributed by atoms with Crippen LogP contribution in [0.15, 0.2) is 0 Å². The predicted molar refractivity (Wildman–Crippen MR) is 71.2 cm³/mol. The molecule has 0 atom stereocenters. The van der Waals surface area contributed by atoms with Crippen LogP contribution in [0.25, 0.3) is 0 Å². The number of carbonyl (C=O) groups excluding carboxylic acids is 2. The van der Waals surface area contributed by atoms with Crippen LogP contribution in [0.4, 0.5) is 18.3 Å². The highest BCUT2D eigenvalue weighted by Gasteiger charge is 2.40. The Balaban J connectivity index is 3.03. The number of aromatic nitrogens is 1. The van der Waals surface area contributed by atoms with Gasteiger partial charge in [-0.2, -0.15) is 13.2 Å². The lowest BCUT2D eigenvalue weighted by molar-refractivity contribution is -0.141. The van der Waals surface area contributed by atoms with Gasteiger partial charge in [-0.15, -0.1) is 0 Å². The molecule has 0 aromatic carbocycles. The lowest BCUT2D eigenvalue weighted by atomic mass is 10.1. The van der Waals surface area contributed by atoms with Crippen LogP contribution in [0.3, 0.4) is 0 Å². The van der Waals surface area contributed by atoms with Crippen molar-refractivity contribution in [3.63, 3.8) is 0 Å². The minimum Gasteiger partial charge on any atom is -0.462 e. The van der Waals surface area contributed by atoms with E-state index in [-0.39, 0.29) is 24.1 Å². The smallest absolute Gasteiger partial charge is 0.435 e. The summed E-state index contributed by atoms with van der Waals surface area (Å²) < 4.78 is 43.1. The number of anilines is 1. The third-order valence-electron chi connectivity index (χ3n) is 2.20. The molecule has 0 spiro atoms. The Labute approximate surface area is 123 Å². The number of alkyl halides is 3. The molecule has 0 aliphatic rings. The van der Waals surface area contributed by atoms with E-state index >= 15 is 0 Å². The van der Waals surface area contributed by atoms with Crippen LogP contribution in [-0.4, -0.2) is 23.5 Å². The van der Waals surface area contributed by atoms with Crippen molar-refractivity contribution in [1.82, 2.24) is 4.98 Å². The zero-order valence-electron chi connectivity index (χ0n) is 11.7. The molecule has 1 heterocycles. The van der Waals surface area contributed by atoms with E-state index < -0.39 is 28.6 Å². The van der Waals surface area contributed by atoms with E-state index in [1.807, 2.05) is 0 Å². The molecule has 0 aliphatic carbocycles. The molecule has 0 unspecified atom stereocenters. The molecule has 1 rings (SSSR count). The molecular weight excluding hydrogens is 309 g/mol. The van der Waals surface area contributed by atoms with E-state index in [1.54, 1.807) is 13.8 Å². The number of esters is 1. The highest BCUT2D eigenvalue weighted by molar-refractivity contribution is 7.17. The van der Waals surface area contributed by atoms with Crippen molar-refractivity contribution < 1.29 is 27.5 Å². The minimum atomic E-state index is -4.79. The highest BCUT2D eigenvalue weighted by Crippen LogP contribution is 2.36. The average Bonchev–Trinajstić information content (AvgIpc) is 2.71. The summed E-state index contributed by atoms with van der Waals surface area (Å²) in [5.41, 5.74) is -1.34. The topological polar surface area (TPSA) is 68.3 Å². The van der Waals surface area contributed by atoms with Gasteiger partial charge in [0.15, 0.2) is 10.8 Å². The molecule has 1 amide bonds. The van der Waals surface area contributed by atoms with Crippen LogP contribution in [0.2, 0.25) is 0 Å². The summed E-state index contributed by atoms with van der Waals surface area (Å²) in [7, 11) is 0. The maximum Gasteiger partial charge on any atom is 0.435 e. The molecule has 0 saturated carbocycles. The summed E-state index contributed by atoms with van der Waals surface area (Å²) >= 11 is 0.452. The van der Waals surface area contributed by atoms with Gasteiger partial charge >= 0.3 is 12.1 Å². The Bertz CT molecular complexity index is 526. The largest absolute Gasteiger partial charge is 0.462 e. The number of hydrogen-bond donors (Lipinski definition) is 1. The van der Waals surface area contributed by atoms with Gasteiger partial charge < -0.3 is 10.1 Å². The number of hydrogen-bond acceptors (Lipinski definition) is 5. The summed E-state index contributed by atoms with van der Waals surface area (Å²) in [6.45, 7) is 5.03. The molecule has 118 valence electrons. The second kappa shape index (κ2) is 6.88. The molecule has 0 radical (unpaired) electrons. The number of ether oxygens (including phenoxy) is 1. The standard InChI is InChI=1S/C12H15F3N2O3S/c1-4-20-10(19)8-9(12(13,14)15)17-11(21-8)16-7(18)5-6(2)3/h6H,4-5H2,1-3H3,(H,16,17,18).